The van der Waals surface area contributed by atoms with Crippen molar-refractivity contribution >= 4 is 142 Å². The first-order chi connectivity index (χ1) is 34.7. The largest absolute Gasteiger partial charge is 0.505 e. The van der Waals surface area contributed by atoms with E-state index in [4.69, 9.17) is 9.31 Å². The number of amides is 2. The number of hydrogen-bond donors (Lipinski definition) is 0. The normalized spacial score (nSPS) is 15.8. The fourth-order valence-electron chi connectivity index (χ4n) is 8.21. The van der Waals surface area contributed by atoms with Crippen LogP contribution in [0, 0.1) is 22.9 Å². The summed E-state index contributed by atoms with van der Waals surface area (Å²) in [6.45, 7) is 22.0. The first kappa shape index (κ1) is 56.8. The molecule has 1 saturated heterocycles. The maximum Gasteiger partial charge on any atom is 0.505 e. The first-order valence-corrected chi connectivity index (χ1v) is 37.6. The molecule has 0 unspecified atom stereocenters. The van der Waals surface area contributed by atoms with Gasteiger partial charge in [-0.15, -0.1) is 102 Å². The summed E-state index contributed by atoms with van der Waals surface area (Å²) >= 11 is 13.7. The summed E-state index contributed by atoms with van der Waals surface area (Å²) in [4.78, 5) is 47.0. The molecule has 17 heteroatoms. The summed E-state index contributed by atoms with van der Waals surface area (Å²) in [6.07, 6.45) is 0. The third-order valence-corrected chi connectivity index (χ3v) is 23.3. The van der Waals surface area contributed by atoms with Crippen molar-refractivity contribution in [3.05, 3.63) is 134 Å². The lowest BCUT2D eigenvalue weighted by molar-refractivity contribution is -0.123. The summed E-state index contributed by atoms with van der Waals surface area (Å²) in [6, 6.07) is 34.0. The number of nitrogens with zero attached hydrogens (tertiary/aromatic N) is 2. The molecule has 0 N–H and O–H groups in total. The topological polar surface area (TPSA) is 59.1 Å². The van der Waals surface area contributed by atoms with Crippen molar-refractivity contribution in [3.63, 3.8) is 0 Å². The summed E-state index contributed by atoms with van der Waals surface area (Å²) < 4.78 is 13.3. The molecule has 3 aliphatic rings. The second-order valence-electron chi connectivity index (χ2n) is 20.7. The van der Waals surface area contributed by atoms with E-state index in [0.717, 1.165) is 34.0 Å². The average Bonchev–Trinajstić information content (AvgIpc) is 4.15. The smallest absolute Gasteiger partial charge is 0.399 e. The number of carbonyl (C=O) groups is 2. The van der Waals surface area contributed by atoms with Crippen molar-refractivity contribution < 1.29 is 18.9 Å². The van der Waals surface area contributed by atoms with Crippen LogP contribution in [0.4, 0.5) is 0 Å². The van der Waals surface area contributed by atoms with Crippen LogP contribution in [0.5, 0.6) is 0 Å². The van der Waals surface area contributed by atoms with Gasteiger partial charge < -0.3 is 9.31 Å². The monoisotopic (exact) mass is 1170 g/mol. The van der Waals surface area contributed by atoms with Gasteiger partial charge in [0.1, 0.15) is 16.1 Å². The third-order valence-electron chi connectivity index (χ3n) is 12.4. The van der Waals surface area contributed by atoms with Crippen molar-refractivity contribution in [2.24, 2.45) is 0 Å². The highest BCUT2D eigenvalue weighted by molar-refractivity contribution is 7.28. The van der Waals surface area contributed by atoms with Gasteiger partial charge in [0.15, 0.2) is 0 Å². The molecule has 0 bridgehead atoms. The Morgan fingerprint density at radius 2 is 0.760 bits per heavy atom. The first-order valence-electron chi connectivity index (χ1n) is 23.8. The van der Waals surface area contributed by atoms with E-state index in [9.17, 15) is 9.59 Å². The molecule has 0 radical (unpaired) electrons. The van der Waals surface area contributed by atoms with E-state index in [1.807, 2.05) is 0 Å². The molecule has 3 aliphatic heterocycles. The Hall–Kier alpha value is -4.44. The summed E-state index contributed by atoms with van der Waals surface area (Å²) in [5.41, 5.74) is 8.59. The fraction of sp³-hybridized carbons (Fsp3) is 0.276. The van der Waals surface area contributed by atoms with E-state index < -0.39 is 16.1 Å². The van der Waals surface area contributed by atoms with E-state index in [1.165, 1.54) is 29.3 Å². The molecule has 8 aromatic heterocycles. The number of hydrogen-bond acceptors (Lipinski definition) is 12. The predicted molar refractivity (Wildman–Crippen MR) is 338 cm³/mol. The lowest BCUT2D eigenvalue weighted by Crippen LogP contribution is -2.41. The van der Waals surface area contributed by atoms with Gasteiger partial charge in [0.2, 0.25) is 0 Å². The Kier molecular flexibility index (Phi) is 17.0. The predicted octanol–water partition coefficient (Wildman–Crippen LogP) is 17.3. The maximum absolute atomic E-state index is 14.8. The standard InChI is InChI=1S/C42H36N2O2S6Si2.C14H17BO2S2.2CH4/c1-53(2,3)25-9-21-43-39(35-19-17-33(51-35)31-15-13-29(49-31)27-11-7-23-47-27)37-38(41(43)45)40(44(42(37)46)22-10-26-54(4,5)6)36-20-18-34(52-36)32-16-14-30(50-32)28-12-8-24-48-28;1-13(2)14(3,4)17-15(16-13)12-8-7-11(19-12)10-6-5-9-18-10;;/h7-8,11-20,23-24H,21-22H2,1-6H3;5-9H,1-4H3;2*1H4. The minimum Gasteiger partial charge on any atom is -0.399 e. The van der Waals surface area contributed by atoms with Gasteiger partial charge in [-0.25, -0.2) is 0 Å². The Morgan fingerprint density at radius 1 is 0.453 bits per heavy atom. The van der Waals surface area contributed by atoms with Crippen LogP contribution in [-0.2, 0) is 18.9 Å². The van der Waals surface area contributed by atoms with E-state index in [1.54, 1.807) is 100 Å². The van der Waals surface area contributed by atoms with Gasteiger partial charge in [-0.3, -0.25) is 19.4 Å². The lowest BCUT2D eigenvalue weighted by Gasteiger charge is -2.32. The van der Waals surface area contributed by atoms with Gasteiger partial charge in [0, 0.05) is 53.5 Å². The quantitative estimate of drug-likeness (QED) is 0.101. The lowest BCUT2D eigenvalue weighted by atomic mass is 9.88. The van der Waals surface area contributed by atoms with Crippen molar-refractivity contribution in [1.82, 2.24) is 9.80 Å². The molecule has 1 fully saturated rings. The molecule has 8 aromatic rings. The van der Waals surface area contributed by atoms with Gasteiger partial charge in [0.25, 0.3) is 11.8 Å². The van der Waals surface area contributed by atoms with Crippen LogP contribution in [0.25, 0.3) is 60.2 Å². The van der Waals surface area contributed by atoms with Crippen LogP contribution in [0.1, 0.15) is 52.3 Å². The molecule has 6 nitrogen and oxygen atoms in total. The molecular formula is C58H61BN2O4S8Si2. The highest BCUT2D eigenvalue weighted by Crippen LogP contribution is 2.51. The maximum atomic E-state index is 14.8. The SMILES string of the molecule is C.C.CC1(C)OB(c2ccc(-c3cccs3)s2)OC1(C)C.C[Si](C)(C)C#CCN1C(=O)C2=C(c3ccc(-c4ccc(-c5cccs5)s4)s3)N(CC#C[Si](C)(C)C)C(=O)C2=C1c1ccc(-c2ccc(-c3cccs3)s2)s1. The van der Waals surface area contributed by atoms with Crippen LogP contribution in [0.15, 0.2) is 124 Å². The second-order valence-corrected chi connectivity index (χ2v) is 38.5. The minimum absolute atomic E-state index is 0. The molecule has 2 amide bonds. The second kappa shape index (κ2) is 22.5. The number of fused-ring (bicyclic) bond motifs is 1. The third kappa shape index (κ3) is 12.0. The summed E-state index contributed by atoms with van der Waals surface area (Å²) in [5.74, 6) is 6.34. The Morgan fingerprint density at radius 3 is 1.09 bits per heavy atom. The zero-order chi connectivity index (χ0) is 51.5. The molecular weight excluding hydrogens is 1110 g/mol. The van der Waals surface area contributed by atoms with Crippen LogP contribution in [-0.4, -0.2) is 69.2 Å². The van der Waals surface area contributed by atoms with Crippen molar-refractivity contribution in [1.29, 1.82) is 0 Å². The zero-order valence-corrected chi connectivity index (χ0v) is 50.8. The van der Waals surface area contributed by atoms with E-state index >= 15 is 0 Å². The van der Waals surface area contributed by atoms with Gasteiger partial charge in [-0.2, -0.15) is 0 Å². The summed E-state index contributed by atoms with van der Waals surface area (Å²) in [7, 11) is -3.68. The van der Waals surface area contributed by atoms with Crippen LogP contribution in [0.3, 0.4) is 0 Å². The minimum atomic E-state index is -1.71. The van der Waals surface area contributed by atoms with E-state index in [2.05, 4.69) is 203 Å². The highest BCUT2D eigenvalue weighted by Gasteiger charge is 2.52. The number of rotatable bonds is 10. The summed E-state index contributed by atoms with van der Waals surface area (Å²) in [5, 5.41) is 6.30. The zero-order valence-electron chi connectivity index (χ0n) is 42.3. The molecule has 0 aromatic carbocycles. The molecule has 0 saturated carbocycles. The number of thiophene rings is 8. The molecule has 0 spiro atoms. The van der Waals surface area contributed by atoms with Crippen LogP contribution in [0.2, 0.25) is 39.3 Å². The highest BCUT2D eigenvalue weighted by atomic mass is 32.1. The molecule has 11 rings (SSSR count). The van der Waals surface area contributed by atoms with Crippen LogP contribution >= 0.6 is 90.7 Å². The Labute approximate surface area is 478 Å². The Balaban J connectivity index is 0.000000299. The number of carbonyl (C=O) groups excluding carboxylic acids is 2. The van der Waals surface area contributed by atoms with E-state index in [0.29, 0.717) is 22.5 Å². The fourth-order valence-corrected chi connectivity index (χ4v) is 17.2. The van der Waals surface area contributed by atoms with E-state index in [-0.39, 0.29) is 58.1 Å². The molecule has 0 atom stereocenters. The van der Waals surface area contributed by atoms with Gasteiger partial charge in [-0.05, 0) is 117 Å². The van der Waals surface area contributed by atoms with Gasteiger partial charge in [0.05, 0.1) is 56.6 Å². The Bertz CT molecular complexity index is 3330. The van der Waals surface area contributed by atoms with Gasteiger partial charge >= 0.3 is 7.12 Å². The van der Waals surface area contributed by atoms with Crippen LogP contribution < -0.4 is 4.78 Å². The average molecular weight is 1170 g/mol. The molecule has 386 valence electrons. The van der Waals surface area contributed by atoms with Gasteiger partial charge in [-0.1, -0.05) is 90.2 Å². The van der Waals surface area contributed by atoms with Crippen molar-refractivity contribution in [2.75, 3.05) is 13.1 Å². The molecule has 11 heterocycles. The van der Waals surface area contributed by atoms with Crippen molar-refractivity contribution in [2.45, 2.75) is 93.0 Å². The molecule has 0 aliphatic carbocycles. The van der Waals surface area contributed by atoms with Crippen molar-refractivity contribution in [3.8, 4) is 71.7 Å². The molecule has 75 heavy (non-hydrogen) atoms.